The van der Waals surface area contributed by atoms with E-state index in [2.05, 4.69) is 6.07 Å². The minimum Gasteiger partial charge on any atom is -0.496 e. The second-order valence-electron chi connectivity index (χ2n) is 4.10. The van der Waals surface area contributed by atoms with Gasteiger partial charge in [-0.05, 0) is 18.4 Å². The fourth-order valence-electron chi connectivity index (χ4n) is 1.84. The predicted molar refractivity (Wildman–Crippen MR) is 82.6 cm³/mol. The molecule has 0 aliphatic rings. The van der Waals surface area contributed by atoms with Gasteiger partial charge in [0.15, 0.2) is 0 Å². The lowest BCUT2D eigenvalue weighted by atomic mass is 10.2. The Kier molecular flexibility index (Phi) is 4.96. The largest absolute Gasteiger partial charge is 0.496 e. The maximum atomic E-state index is 9.32. The van der Waals surface area contributed by atoms with Crippen molar-refractivity contribution in [2.75, 3.05) is 20.5 Å². The second-order valence-corrected chi connectivity index (χ2v) is 4.94. The molecular weight excluding hydrogens is 286 g/mol. The van der Waals surface area contributed by atoms with Gasteiger partial charge in [0.2, 0.25) is 0 Å². The van der Waals surface area contributed by atoms with Crippen molar-refractivity contribution < 1.29 is 14.2 Å². The zero-order valence-electron chi connectivity index (χ0n) is 12.0. The van der Waals surface area contributed by atoms with Gasteiger partial charge in [-0.1, -0.05) is 6.07 Å². The van der Waals surface area contributed by atoms with Crippen LogP contribution in [0.1, 0.15) is 5.56 Å². The molecule has 0 atom stereocenters. The van der Waals surface area contributed by atoms with Gasteiger partial charge >= 0.3 is 0 Å². The molecule has 2 aromatic rings. The molecule has 4 nitrogen and oxygen atoms in total. The summed E-state index contributed by atoms with van der Waals surface area (Å²) in [5.41, 5.74) is 0.520. The Bertz CT molecular complexity index is 657. The molecule has 0 aliphatic carbocycles. The van der Waals surface area contributed by atoms with Crippen LogP contribution in [0.3, 0.4) is 0 Å². The quantitative estimate of drug-likeness (QED) is 0.779. The van der Waals surface area contributed by atoms with E-state index in [0.29, 0.717) is 28.6 Å². The molecule has 0 amide bonds. The molecule has 0 aliphatic heterocycles. The normalized spacial score (nSPS) is 9.81. The highest BCUT2D eigenvalue weighted by Gasteiger charge is 2.11. The third-order valence-electron chi connectivity index (χ3n) is 2.87. The number of methoxy groups -OCH3 is 2. The number of nitriles is 1. The van der Waals surface area contributed by atoms with Gasteiger partial charge in [0.25, 0.3) is 0 Å². The Morgan fingerprint density at radius 3 is 2.14 bits per heavy atom. The molecule has 108 valence electrons. The van der Waals surface area contributed by atoms with Crippen LogP contribution >= 0.6 is 11.8 Å². The number of rotatable bonds is 5. The molecule has 21 heavy (non-hydrogen) atoms. The first-order valence-electron chi connectivity index (χ1n) is 6.20. The van der Waals surface area contributed by atoms with E-state index in [1.54, 1.807) is 38.5 Å². The Balaban J connectivity index is 2.41. The van der Waals surface area contributed by atoms with Crippen LogP contribution in [-0.4, -0.2) is 20.5 Å². The Morgan fingerprint density at radius 1 is 1.00 bits per heavy atom. The third kappa shape index (κ3) is 3.41. The van der Waals surface area contributed by atoms with Crippen LogP contribution in [0.15, 0.2) is 41.3 Å². The van der Waals surface area contributed by atoms with Crippen molar-refractivity contribution >= 4 is 11.8 Å². The van der Waals surface area contributed by atoms with Gasteiger partial charge in [0, 0.05) is 23.1 Å². The molecule has 0 N–H and O–H groups in total. The zero-order valence-corrected chi connectivity index (χ0v) is 12.9. The van der Waals surface area contributed by atoms with Gasteiger partial charge in [-0.2, -0.15) is 5.26 Å². The molecule has 2 rings (SSSR count). The van der Waals surface area contributed by atoms with Crippen molar-refractivity contribution in [3.63, 3.8) is 0 Å². The van der Waals surface area contributed by atoms with Crippen LogP contribution in [0, 0.1) is 11.3 Å². The van der Waals surface area contributed by atoms with Crippen molar-refractivity contribution in [2.45, 2.75) is 4.90 Å². The smallest absolute Gasteiger partial charge is 0.146 e. The lowest BCUT2D eigenvalue weighted by molar-refractivity contribution is 0.386. The van der Waals surface area contributed by atoms with E-state index in [1.807, 2.05) is 18.4 Å². The molecule has 0 saturated heterocycles. The van der Waals surface area contributed by atoms with Crippen LogP contribution in [0.4, 0.5) is 0 Å². The monoisotopic (exact) mass is 301 g/mol. The summed E-state index contributed by atoms with van der Waals surface area (Å²) in [7, 11) is 3.15. The SMILES string of the molecule is COc1cc(OC)cc(Oc2cccc(SC)c2C#N)c1. The number of hydrogen-bond acceptors (Lipinski definition) is 5. The molecule has 0 saturated carbocycles. The van der Waals surface area contributed by atoms with Gasteiger partial charge in [0.05, 0.1) is 14.2 Å². The van der Waals surface area contributed by atoms with Crippen LogP contribution in [0.25, 0.3) is 0 Å². The first-order chi connectivity index (χ1) is 10.2. The first-order valence-corrected chi connectivity index (χ1v) is 7.42. The van der Waals surface area contributed by atoms with Gasteiger partial charge in [-0.15, -0.1) is 11.8 Å². The highest BCUT2D eigenvalue weighted by molar-refractivity contribution is 7.98. The third-order valence-corrected chi connectivity index (χ3v) is 3.65. The number of hydrogen-bond donors (Lipinski definition) is 0. The highest BCUT2D eigenvalue weighted by Crippen LogP contribution is 2.34. The minimum atomic E-state index is 0.514. The van der Waals surface area contributed by atoms with E-state index in [-0.39, 0.29) is 0 Å². The van der Waals surface area contributed by atoms with E-state index in [1.165, 1.54) is 11.8 Å². The molecule has 0 fully saturated rings. The molecule has 0 spiro atoms. The fourth-order valence-corrected chi connectivity index (χ4v) is 2.41. The lowest BCUT2D eigenvalue weighted by Crippen LogP contribution is -1.93. The molecule has 5 heteroatoms. The highest BCUT2D eigenvalue weighted by atomic mass is 32.2. The van der Waals surface area contributed by atoms with Crippen LogP contribution in [0.5, 0.6) is 23.0 Å². The summed E-state index contributed by atoms with van der Waals surface area (Å²) in [6.45, 7) is 0. The first kappa shape index (κ1) is 15.1. The second kappa shape index (κ2) is 6.91. The minimum absolute atomic E-state index is 0.514. The molecule has 0 aromatic heterocycles. The maximum absolute atomic E-state index is 9.32. The number of ether oxygens (including phenoxy) is 3. The topological polar surface area (TPSA) is 51.5 Å². The molecule has 2 aromatic carbocycles. The van der Waals surface area contributed by atoms with E-state index >= 15 is 0 Å². The summed E-state index contributed by atoms with van der Waals surface area (Å²) in [6, 6.07) is 13.0. The van der Waals surface area contributed by atoms with Crippen molar-refractivity contribution in [2.24, 2.45) is 0 Å². The molecule has 0 unspecified atom stereocenters. The van der Waals surface area contributed by atoms with Gasteiger partial charge < -0.3 is 14.2 Å². The standard InChI is InChI=1S/C16H15NO3S/c1-18-11-7-12(19-2)9-13(8-11)20-15-5-4-6-16(21-3)14(15)10-17/h4-9H,1-3H3. The maximum Gasteiger partial charge on any atom is 0.146 e. The summed E-state index contributed by atoms with van der Waals surface area (Å²) in [5.74, 6) is 2.33. The van der Waals surface area contributed by atoms with Gasteiger partial charge in [0.1, 0.15) is 34.6 Å². The van der Waals surface area contributed by atoms with Gasteiger partial charge in [-0.3, -0.25) is 0 Å². The lowest BCUT2D eigenvalue weighted by Gasteiger charge is -2.12. The zero-order chi connectivity index (χ0) is 15.2. The molecular formula is C16H15NO3S. The summed E-state index contributed by atoms with van der Waals surface area (Å²) >= 11 is 1.51. The number of nitrogens with zero attached hydrogens (tertiary/aromatic N) is 1. The predicted octanol–water partition coefficient (Wildman–Crippen LogP) is 4.09. The van der Waals surface area contributed by atoms with Crippen molar-refractivity contribution in [3.8, 4) is 29.1 Å². The van der Waals surface area contributed by atoms with Crippen LogP contribution in [-0.2, 0) is 0 Å². The number of thioether (sulfide) groups is 1. The van der Waals surface area contributed by atoms with E-state index < -0.39 is 0 Å². The number of benzene rings is 2. The van der Waals surface area contributed by atoms with Crippen molar-refractivity contribution in [1.29, 1.82) is 5.26 Å². The summed E-state index contributed by atoms with van der Waals surface area (Å²) in [6.07, 6.45) is 1.93. The summed E-state index contributed by atoms with van der Waals surface area (Å²) in [5, 5.41) is 9.32. The van der Waals surface area contributed by atoms with Crippen LogP contribution < -0.4 is 14.2 Å². The van der Waals surface area contributed by atoms with Gasteiger partial charge in [-0.25, -0.2) is 0 Å². The fraction of sp³-hybridized carbons (Fsp3) is 0.188. The van der Waals surface area contributed by atoms with Crippen LogP contribution in [0.2, 0.25) is 0 Å². The summed E-state index contributed by atoms with van der Waals surface area (Å²) < 4.78 is 16.2. The average molecular weight is 301 g/mol. The Morgan fingerprint density at radius 2 is 1.62 bits per heavy atom. The van der Waals surface area contributed by atoms with E-state index in [9.17, 15) is 5.26 Å². The molecule has 0 radical (unpaired) electrons. The van der Waals surface area contributed by atoms with Crippen molar-refractivity contribution in [3.05, 3.63) is 42.0 Å². The molecule has 0 heterocycles. The Hall–Kier alpha value is -2.32. The average Bonchev–Trinajstić information content (AvgIpc) is 2.54. The Labute approximate surface area is 128 Å². The molecule has 0 bridgehead atoms. The van der Waals surface area contributed by atoms with E-state index in [0.717, 1.165) is 4.90 Å². The van der Waals surface area contributed by atoms with Crippen molar-refractivity contribution in [1.82, 2.24) is 0 Å². The summed E-state index contributed by atoms with van der Waals surface area (Å²) in [4.78, 5) is 0.880. The van der Waals surface area contributed by atoms with E-state index in [4.69, 9.17) is 14.2 Å².